The van der Waals surface area contributed by atoms with Gasteiger partial charge in [0.2, 0.25) is 0 Å². The number of hydrogen-bond donors (Lipinski definition) is 0. The van der Waals surface area contributed by atoms with Crippen LogP contribution in [0.4, 0.5) is 4.39 Å². The highest BCUT2D eigenvalue weighted by Crippen LogP contribution is 2.25. The van der Waals surface area contributed by atoms with Gasteiger partial charge in [0.05, 0.1) is 35.5 Å². The van der Waals surface area contributed by atoms with Crippen LogP contribution in [0.3, 0.4) is 0 Å². The zero-order valence-corrected chi connectivity index (χ0v) is 36.2. The average molecular weight is 861 g/mol. The van der Waals surface area contributed by atoms with Gasteiger partial charge in [0.1, 0.15) is 40.3 Å². The lowest BCUT2D eigenvalue weighted by Crippen LogP contribution is -2.12. The van der Waals surface area contributed by atoms with Crippen LogP contribution in [0, 0.1) is 5.82 Å². The molecule has 11 heteroatoms. The van der Waals surface area contributed by atoms with E-state index in [1.54, 1.807) is 30.3 Å². The van der Waals surface area contributed by atoms with Crippen molar-refractivity contribution in [3.8, 4) is 34.5 Å². The molecule has 0 bridgehead atoms. The molecular weight excluding hydrogens is 804 g/mol. The number of halogens is 1. The Kier molecular flexibility index (Phi) is 19.7. The lowest BCUT2D eigenvalue weighted by Gasteiger charge is -2.10. The third-order valence-corrected chi connectivity index (χ3v) is 10.1. The van der Waals surface area contributed by atoms with Gasteiger partial charge in [-0.25, -0.2) is 23.6 Å². The molecular formula is C52H57FO10. The van der Waals surface area contributed by atoms with Crippen LogP contribution < -0.4 is 28.4 Å². The predicted molar refractivity (Wildman–Crippen MR) is 239 cm³/mol. The van der Waals surface area contributed by atoms with E-state index >= 15 is 0 Å². The summed E-state index contributed by atoms with van der Waals surface area (Å²) in [6.45, 7) is 5.44. The summed E-state index contributed by atoms with van der Waals surface area (Å²) in [5, 5.41) is 0. The van der Waals surface area contributed by atoms with E-state index in [0.717, 1.165) is 44.6 Å². The Morgan fingerprint density at radius 3 is 1.21 bits per heavy atom. The van der Waals surface area contributed by atoms with E-state index in [1.165, 1.54) is 130 Å². The molecule has 0 aromatic heterocycles. The Balaban J connectivity index is 1.02. The van der Waals surface area contributed by atoms with Crippen molar-refractivity contribution in [2.24, 2.45) is 0 Å². The molecule has 0 aliphatic rings. The highest BCUT2D eigenvalue weighted by atomic mass is 19.1. The minimum absolute atomic E-state index is 0.0949. The highest BCUT2D eigenvalue weighted by Gasteiger charge is 2.17. The monoisotopic (exact) mass is 860 g/mol. The lowest BCUT2D eigenvalue weighted by molar-refractivity contribution is 0.0719. The van der Waals surface area contributed by atoms with E-state index in [0.29, 0.717) is 30.3 Å². The minimum atomic E-state index is -0.902. The lowest BCUT2D eigenvalue weighted by atomic mass is 10.1. The molecule has 0 aliphatic carbocycles. The first-order valence-corrected chi connectivity index (χ1v) is 22.1. The van der Waals surface area contributed by atoms with Crippen LogP contribution in [-0.2, 0) is 0 Å². The molecule has 0 aliphatic heterocycles. The molecule has 63 heavy (non-hydrogen) atoms. The van der Waals surface area contributed by atoms with Gasteiger partial charge in [-0.15, -0.1) is 0 Å². The average Bonchev–Trinajstić information content (AvgIpc) is 3.29. The molecule has 0 unspecified atom stereocenters. The number of carbonyl (C=O) groups excluding carboxylic acids is 4. The maximum Gasteiger partial charge on any atom is 0.346 e. The molecule has 0 saturated carbocycles. The van der Waals surface area contributed by atoms with Crippen molar-refractivity contribution in [2.45, 2.75) is 104 Å². The number of esters is 4. The second kappa shape index (κ2) is 26.1. The second-order valence-corrected chi connectivity index (χ2v) is 15.2. The summed E-state index contributed by atoms with van der Waals surface area (Å²) in [7, 11) is 0. The smallest absolute Gasteiger partial charge is 0.346 e. The van der Waals surface area contributed by atoms with Crippen molar-refractivity contribution >= 4 is 23.9 Å². The molecule has 10 nitrogen and oxygen atoms in total. The molecule has 5 aromatic carbocycles. The van der Waals surface area contributed by atoms with Crippen molar-refractivity contribution in [3.63, 3.8) is 0 Å². The Hall–Kier alpha value is -6.49. The summed E-state index contributed by atoms with van der Waals surface area (Å²) in [6.07, 6.45) is 16.7. The van der Waals surface area contributed by atoms with Gasteiger partial charge in [-0.3, -0.25) is 0 Å². The SMILES string of the molecule is CCCCCCCCCCCCOc1ccc(C(=O)Oc2ccc(C(=O)Oc3cccc(OC(=O)c4ccc(OC(=O)c5ccc(OCCCCCC)cc5F)cc4)c3)cc2)cc1. The van der Waals surface area contributed by atoms with Crippen molar-refractivity contribution in [1.82, 2.24) is 0 Å². The van der Waals surface area contributed by atoms with Gasteiger partial charge >= 0.3 is 23.9 Å². The van der Waals surface area contributed by atoms with Crippen LogP contribution >= 0.6 is 0 Å². The molecule has 0 saturated heterocycles. The van der Waals surface area contributed by atoms with E-state index in [9.17, 15) is 23.6 Å². The van der Waals surface area contributed by atoms with Crippen LogP contribution in [0.1, 0.15) is 145 Å². The van der Waals surface area contributed by atoms with E-state index in [1.807, 2.05) is 0 Å². The van der Waals surface area contributed by atoms with Gasteiger partial charge in [0, 0.05) is 12.1 Å². The van der Waals surface area contributed by atoms with Crippen LogP contribution in [0.5, 0.6) is 34.5 Å². The molecule has 5 aromatic rings. The molecule has 0 heterocycles. The Morgan fingerprint density at radius 2 is 0.746 bits per heavy atom. The van der Waals surface area contributed by atoms with E-state index in [2.05, 4.69) is 13.8 Å². The number of hydrogen-bond acceptors (Lipinski definition) is 10. The molecule has 0 spiro atoms. The first kappa shape index (κ1) is 47.6. The van der Waals surface area contributed by atoms with Crippen LogP contribution in [0.25, 0.3) is 0 Å². The van der Waals surface area contributed by atoms with Crippen molar-refractivity contribution in [1.29, 1.82) is 0 Å². The van der Waals surface area contributed by atoms with Gasteiger partial charge in [-0.1, -0.05) is 97.0 Å². The Bertz CT molecular complexity index is 2200. The highest BCUT2D eigenvalue weighted by molar-refractivity contribution is 5.94. The first-order chi connectivity index (χ1) is 30.7. The summed E-state index contributed by atoms with van der Waals surface area (Å²) < 4.78 is 47.9. The van der Waals surface area contributed by atoms with Crippen molar-refractivity contribution < 1.29 is 52.0 Å². The van der Waals surface area contributed by atoms with E-state index in [4.69, 9.17) is 28.4 Å². The third-order valence-electron chi connectivity index (χ3n) is 10.1. The van der Waals surface area contributed by atoms with Crippen LogP contribution in [0.15, 0.2) is 115 Å². The van der Waals surface area contributed by atoms with Crippen molar-refractivity contribution in [3.05, 3.63) is 143 Å². The molecule has 5 rings (SSSR count). The van der Waals surface area contributed by atoms with Crippen LogP contribution in [0.2, 0.25) is 0 Å². The summed E-state index contributed by atoms with van der Waals surface area (Å²) >= 11 is 0. The standard InChI is InChI=1S/C52H57FO10/c1-3-5-7-9-10-11-12-13-14-16-34-58-41-26-20-38(21-27-41)49(54)60-42-28-22-39(23-29-42)50(55)62-45-18-17-19-46(36-45)63-51(56)40-24-30-43(31-25-40)61-52(57)47-33-32-44(37-48(47)53)59-35-15-8-6-4-2/h17-33,36-37H,3-16,34-35H2,1-2H3. The normalized spacial score (nSPS) is 10.8. The number of benzene rings is 5. The van der Waals surface area contributed by atoms with Gasteiger partial charge in [0.25, 0.3) is 0 Å². The number of rotatable bonds is 26. The summed E-state index contributed by atoms with van der Waals surface area (Å²) in [5.41, 5.74) is 0.445. The zero-order valence-electron chi connectivity index (χ0n) is 36.2. The summed E-state index contributed by atoms with van der Waals surface area (Å²) in [6, 6.07) is 28.3. The van der Waals surface area contributed by atoms with Gasteiger partial charge in [-0.05, 0) is 110 Å². The van der Waals surface area contributed by atoms with E-state index in [-0.39, 0.29) is 39.7 Å². The minimum Gasteiger partial charge on any atom is -0.494 e. The van der Waals surface area contributed by atoms with Gasteiger partial charge in [0.15, 0.2) is 0 Å². The van der Waals surface area contributed by atoms with Gasteiger partial charge < -0.3 is 28.4 Å². The number of unbranched alkanes of at least 4 members (excludes halogenated alkanes) is 12. The molecule has 332 valence electrons. The molecule has 0 amide bonds. The molecule has 0 atom stereocenters. The fourth-order valence-corrected chi connectivity index (χ4v) is 6.52. The Labute approximate surface area is 369 Å². The van der Waals surface area contributed by atoms with Crippen LogP contribution in [-0.4, -0.2) is 37.1 Å². The topological polar surface area (TPSA) is 124 Å². The maximum atomic E-state index is 14.7. The van der Waals surface area contributed by atoms with E-state index < -0.39 is 29.7 Å². The maximum absolute atomic E-state index is 14.7. The zero-order chi connectivity index (χ0) is 44.7. The first-order valence-electron chi connectivity index (χ1n) is 22.1. The van der Waals surface area contributed by atoms with Crippen molar-refractivity contribution in [2.75, 3.05) is 13.2 Å². The fraction of sp³-hybridized carbons (Fsp3) is 0.346. The molecule has 0 radical (unpaired) electrons. The summed E-state index contributed by atoms with van der Waals surface area (Å²) in [5.74, 6) is -2.03. The third kappa shape index (κ3) is 16.4. The fourth-order valence-electron chi connectivity index (χ4n) is 6.52. The molecule has 0 fully saturated rings. The number of ether oxygens (including phenoxy) is 6. The quantitative estimate of drug-likeness (QED) is 0.0301. The molecule has 0 N–H and O–H groups in total. The second-order valence-electron chi connectivity index (χ2n) is 15.2. The predicted octanol–water partition coefficient (Wildman–Crippen LogP) is 13.0. The Morgan fingerprint density at radius 1 is 0.381 bits per heavy atom. The summed E-state index contributed by atoms with van der Waals surface area (Å²) in [4.78, 5) is 51.3. The largest absolute Gasteiger partial charge is 0.494 e. The van der Waals surface area contributed by atoms with Gasteiger partial charge in [-0.2, -0.15) is 0 Å². The number of carbonyl (C=O) groups is 4.